The summed E-state index contributed by atoms with van der Waals surface area (Å²) in [4.78, 5) is 0. The zero-order valence-corrected chi connectivity index (χ0v) is 12.5. The van der Waals surface area contributed by atoms with E-state index in [1.54, 1.807) is 0 Å². The van der Waals surface area contributed by atoms with Crippen LogP contribution in [0.1, 0.15) is 26.2 Å². The smallest absolute Gasteiger partial charge is 0.154 e. The lowest BCUT2D eigenvalue weighted by Crippen LogP contribution is -2.29. The number of alkyl halides is 1. The van der Waals surface area contributed by atoms with Gasteiger partial charge in [-0.25, -0.2) is 8.42 Å². The van der Waals surface area contributed by atoms with E-state index in [-0.39, 0.29) is 21.5 Å². The minimum absolute atomic E-state index is 0.0758. The third-order valence-electron chi connectivity index (χ3n) is 3.76. The molecule has 1 saturated carbocycles. The first-order valence-corrected chi connectivity index (χ1v) is 9.01. The number of hydrogen-bond acceptors (Lipinski definition) is 3. The van der Waals surface area contributed by atoms with E-state index in [0.717, 1.165) is 12.5 Å². The maximum atomic E-state index is 11.4. The summed E-state index contributed by atoms with van der Waals surface area (Å²) >= 11 is 2.20. The van der Waals surface area contributed by atoms with E-state index in [2.05, 4.69) is 29.5 Å². The molecule has 0 bridgehead atoms. The summed E-state index contributed by atoms with van der Waals surface area (Å²) in [5.74, 6) is 1.90. The molecule has 0 aromatic heterocycles. The van der Waals surface area contributed by atoms with Gasteiger partial charge < -0.3 is 4.74 Å². The van der Waals surface area contributed by atoms with Crippen molar-refractivity contribution in [2.45, 2.75) is 36.2 Å². The normalized spacial score (nSPS) is 35.9. The van der Waals surface area contributed by atoms with Gasteiger partial charge in [-0.05, 0) is 11.8 Å². The molecular formula is C11H19IO3S. The highest BCUT2D eigenvalue weighted by molar-refractivity contribution is 14.1. The molecule has 2 fully saturated rings. The summed E-state index contributed by atoms with van der Waals surface area (Å²) in [5, 5.41) is 0. The second-order valence-corrected chi connectivity index (χ2v) is 8.89. The van der Waals surface area contributed by atoms with Gasteiger partial charge in [0.25, 0.3) is 0 Å². The van der Waals surface area contributed by atoms with Crippen LogP contribution in [0.2, 0.25) is 0 Å². The zero-order valence-electron chi connectivity index (χ0n) is 9.56. The molecule has 0 aromatic carbocycles. The Morgan fingerprint density at radius 2 is 2.06 bits per heavy atom. The van der Waals surface area contributed by atoms with Crippen LogP contribution in [0.3, 0.4) is 0 Å². The van der Waals surface area contributed by atoms with Gasteiger partial charge in [-0.15, -0.1) is 0 Å². The van der Waals surface area contributed by atoms with Crippen molar-refractivity contribution in [1.29, 1.82) is 0 Å². The molecule has 1 aliphatic heterocycles. The predicted octanol–water partition coefficient (Wildman–Crippen LogP) is 2.04. The van der Waals surface area contributed by atoms with Crippen LogP contribution in [0.15, 0.2) is 0 Å². The van der Waals surface area contributed by atoms with Crippen LogP contribution >= 0.6 is 22.6 Å². The van der Waals surface area contributed by atoms with Crippen molar-refractivity contribution in [2.24, 2.45) is 11.8 Å². The Balaban J connectivity index is 1.77. The van der Waals surface area contributed by atoms with E-state index in [1.165, 1.54) is 19.3 Å². The van der Waals surface area contributed by atoms with Crippen LogP contribution in [0.5, 0.6) is 0 Å². The highest BCUT2D eigenvalue weighted by Gasteiger charge is 2.37. The number of ether oxygens (including phenoxy) is 1. The number of sulfone groups is 1. The summed E-state index contributed by atoms with van der Waals surface area (Å²) in [5.41, 5.74) is 0. The van der Waals surface area contributed by atoms with E-state index >= 15 is 0 Å². The third kappa shape index (κ3) is 3.10. The van der Waals surface area contributed by atoms with Crippen LogP contribution in [-0.4, -0.2) is 36.6 Å². The van der Waals surface area contributed by atoms with Crippen molar-refractivity contribution in [3.63, 3.8) is 0 Å². The predicted molar refractivity (Wildman–Crippen MR) is 72.7 cm³/mol. The largest absolute Gasteiger partial charge is 0.376 e. The molecule has 1 aliphatic carbocycles. The van der Waals surface area contributed by atoms with Gasteiger partial charge in [0.15, 0.2) is 9.84 Å². The molecule has 1 saturated heterocycles. The second kappa shape index (κ2) is 5.10. The molecular weight excluding hydrogens is 339 g/mol. The second-order valence-electron chi connectivity index (χ2n) is 5.13. The van der Waals surface area contributed by atoms with E-state index < -0.39 is 9.84 Å². The quantitative estimate of drug-likeness (QED) is 0.571. The number of rotatable bonds is 4. The zero-order chi connectivity index (χ0) is 11.8. The van der Waals surface area contributed by atoms with E-state index in [9.17, 15) is 8.42 Å². The first-order valence-electron chi connectivity index (χ1n) is 5.94. The molecule has 0 radical (unpaired) electrons. The van der Waals surface area contributed by atoms with Crippen LogP contribution < -0.4 is 0 Å². The Bertz CT molecular complexity index is 337. The Morgan fingerprint density at radius 3 is 2.50 bits per heavy atom. The van der Waals surface area contributed by atoms with Crippen molar-refractivity contribution in [3.05, 3.63) is 0 Å². The van der Waals surface area contributed by atoms with E-state index in [1.807, 2.05) is 0 Å². The number of hydrogen-bond donors (Lipinski definition) is 0. The molecule has 1 heterocycles. The Labute approximate surface area is 111 Å². The van der Waals surface area contributed by atoms with Gasteiger partial charge in [-0.2, -0.15) is 0 Å². The average molecular weight is 358 g/mol. The molecule has 3 unspecified atom stereocenters. The summed E-state index contributed by atoms with van der Waals surface area (Å²) in [7, 11) is -2.84. The van der Waals surface area contributed by atoms with Crippen molar-refractivity contribution < 1.29 is 13.2 Å². The van der Waals surface area contributed by atoms with Crippen LogP contribution in [0.4, 0.5) is 0 Å². The fourth-order valence-electron chi connectivity index (χ4n) is 2.35. The maximum Gasteiger partial charge on any atom is 0.154 e. The van der Waals surface area contributed by atoms with Crippen molar-refractivity contribution in [2.75, 3.05) is 18.1 Å². The lowest BCUT2D eigenvalue weighted by Gasteiger charge is -2.32. The van der Waals surface area contributed by atoms with Crippen molar-refractivity contribution in [3.8, 4) is 0 Å². The fraction of sp³-hybridized carbons (Fsp3) is 1.00. The van der Waals surface area contributed by atoms with Crippen LogP contribution in [0.25, 0.3) is 0 Å². The number of halogens is 1. The standard InChI is InChI=1S/C11H19IO3S/c1-8(9-3-2-4-9)5-15-11-7-16(13,14)6-10(11)12/h8-11H,2-7H2,1H3. The topological polar surface area (TPSA) is 43.4 Å². The van der Waals surface area contributed by atoms with E-state index in [4.69, 9.17) is 4.74 Å². The Kier molecular flexibility index (Phi) is 4.17. The van der Waals surface area contributed by atoms with E-state index in [0.29, 0.717) is 5.92 Å². The molecule has 0 spiro atoms. The third-order valence-corrected chi connectivity index (χ3v) is 7.31. The minimum atomic E-state index is -2.84. The molecule has 94 valence electrons. The molecule has 3 atom stereocenters. The summed E-state index contributed by atoms with van der Waals surface area (Å²) in [6.45, 7) is 2.94. The molecule has 2 rings (SSSR count). The van der Waals surface area contributed by atoms with Crippen molar-refractivity contribution >= 4 is 32.4 Å². The first kappa shape index (κ1) is 13.1. The molecule has 0 N–H and O–H groups in total. The summed E-state index contributed by atoms with van der Waals surface area (Å²) in [6.07, 6.45) is 3.91. The molecule has 0 aromatic rings. The maximum absolute atomic E-state index is 11.4. The molecule has 16 heavy (non-hydrogen) atoms. The SMILES string of the molecule is CC(COC1CS(=O)(=O)CC1I)C1CCC1. The van der Waals surface area contributed by atoms with Gasteiger partial charge in [-0.1, -0.05) is 48.8 Å². The first-order chi connectivity index (χ1) is 7.48. The van der Waals surface area contributed by atoms with Gasteiger partial charge in [-0.3, -0.25) is 0 Å². The highest BCUT2D eigenvalue weighted by Crippen LogP contribution is 2.34. The fourth-order valence-corrected chi connectivity index (χ4v) is 6.46. The summed E-state index contributed by atoms with van der Waals surface area (Å²) in [6, 6.07) is 0. The van der Waals surface area contributed by atoms with Crippen LogP contribution in [0, 0.1) is 11.8 Å². The molecule has 5 heteroatoms. The van der Waals surface area contributed by atoms with Gasteiger partial charge in [0.2, 0.25) is 0 Å². The van der Waals surface area contributed by atoms with Crippen LogP contribution in [-0.2, 0) is 14.6 Å². The lowest BCUT2D eigenvalue weighted by molar-refractivity contribution is 0.0255. The molecule has 0 amide bonds. The Hall–Kier alpha value is 0.640. The van der Waals surface area contributed by atoms with Crippen molar-refractivity contribution in [1.82, 2.24) is 0 Å². The monoisotopic (exact) mass is 358 g/mol. The van der Waals surface area contributed by atoms with Gasteiger partial charge >= 0.3 is 0 Å². The highest BCUT2D eigenvalue weighted by atomic mass is 127. The lowest BCUT2D eigenvalue weighted by atomic mass is 9.77. The van der Waals surface area contributed by atoms with Gasteiger partial charge in [0.1, 0.15) is 0 Å². The summed E-state index contributed by atoms with van der Waals surface area (Å²) < 4.78 is 28.7. The van der Waals surface area contributed by atoms with Gasteiger partial charge in [0.05, 0.1) is 21.5 Å². The minimum Gasteiger partial charge on any atom is -0.376 e. The molecule has 3 nitrogen and oxygen atoms in total. The van der Waals surface area contributed by atoms with Gasteiger partial charge in [0, 0.05) is 6.61 Å². The molecule has 2 aliphatic rings. The average Bonchev–Trinajstić information content (AvgIpc) is 2.33. The Morgan fingerprint density at radius 1 is 1.38 bits per heavy atom.